The maximum atomic E-state index is 5.81. The van der Waals surface area contributed by atoms with E-state index in [1.54, 1.807) is 7.11 Å². The average molecular weight is 248 g/mol. The number of hydrogen-bond acceptors (Lipinski definition) is 3. The number of rotatable bonds is 4. The van der Waals surface area contributed by atoms with E-state index in [0.717, 1.165) is 19.5 Å². The van der Waals surface area contributed by atoms with Crippen LogP contribution in [0.25, 0.3) is 0 Å². The van der Waals surface area contributed by atoms with Gasteiger partial charge in [-0.2, -0.15) is 0 Å². The van der Waals surface area contributed by atoms with E-state index >= 15 is 0 Å². The average Bonchev–Trinajstić information content (AvgIpc) is 2.39. The molecule has 0 saturated carbocycles. The monoisotopic (exact) mass is 248 g/mol. The number of benzene rings is 1. The number of piperidine rings is 1. The summed E-state index contributed by atoms with van der Waals surface area (Å²) in [6, 6.07) is 9.01. The van der Waals surface area contributed by atoms with Gasteiger partial charge < -0.3 is 15.4 Å². The van der Waals surface area contributed by atoms with Crippen LogP contribution in [-0.4, -0.2) is 32.3 Å². The summed E-state index contributed by atoms with van der Waals surface area (Å²) >= 11 is 0. The predicted molar refractivity (Wildman–Crippen MR) is 76.0 cm³/mol. The van der Waals surface area contributed by atoms with E-state index in [0.29, 0.717) is 6.10 Å². The van der Waals surface area contributed by atoms with Crippen LogP contribution < -0.4 is 10.6 Å². The molecule has 3 heteroatoms. The number of ether oxygens (including phenoxy) is 1. The lowest BCUT2D eigenvalue weighted by Crippen LogP contribution is -2.39. The minimum atomic E-state index is 0.226. The molecule has 0 spiro atoms. The highest BCUT2D eigenvalue weighted by molar-refractivity contribution is 5.48. The van der Waals surface area contributed by atoms with Gasteiger partial charge in [0.15, 0.2) is 0 Å². The van der Waals surface area contributed by atoms with Crippen LogP contribution in [0.1, 0.15) is 25.3 Å². The zero-order valence-corrected chi connectivity index (χ0v) is 11.4. The van der Waals surface area contributed by atoms with Crippen LogP contribution in [0.4, 0.5) is 5.69 Å². The highest BCUT2D eigenvalue weighted by Crippen LogP contribution is 2.21. The van der Waals surface area contributed by atoms with E-state index in [4.69, 9.17) is 10.5 Å². The summed E-state index contributed by atoms with van der Waals surface area (Å²) in [6.07, 6.45) is 3.71. The van der Waals surface area contributed by atoms with Gasteiger partial charge >= 0.3 is 0 Å². The summed E-state index contributed by atoms with van der Waals surface area (Å²) in [5.74, 6) is 0. The Balaban J connectivity index is 2.00. The van der Waals surface area contributed by atoms with Gasteiger partial charge in [0.2, 0.25) is 0 Å². The van der Waals surface area contributed by atoms with E-state index in [9.17, 15) is 0 Å². The molecule has 0 aromatic heterocycles. The van der Waals surface area contributed by atoms with Crippen LogP contribution in [0.3, 0.4) is 0 Å². The van der Waals surface area contributed by atoms with Crippen molar-refractivity contribution < 1.29 is 4.74 Å². The van der Waals surface area contributed by atoms with Crippen LogP contribution in [0.5, 0.6) is 0 Å². The zero-order valence-electron chi connectivity index (χ0n) is 11.4. The molecule has 100 valence electrons. The summed E-state index contributed by atoms with van der Waals surface area (Å²) in [4.78, 5) is 2.41. The number of anilines is 1. The first-order valence-corrected chi connectivity index (χ1v) is 6.81. The molecule has 2 atom stereocenters. The quantitative estimate of drug-likeness (QED) is 0.887. The summed E-state index contributed by atoms with van der Waals surface area (Å²) in [5, 5.41) is 0. The molecule has 2 N–H and O–H groups in total. The Morgan fingerprint density at radius 1 is 1.39 bits per heavy atom. The molecule has 0 bridgehead atoms. The lowest BCUT2D eigenvalue weighted by atomic mass is 10.0. The van der Waals surface area contributed by atoms with Crippen LogP contribution in [0, 0.1) is 0 Å². The summed E-state index contributed by atoms with van der Waals surface area (Å²) in [6.45, 7) is 4.18. The van der Waals surface area contributed by atoms with Crippen LogP contribution in [0.2, 0.25) is 0 Å². The number of nitrogens with zero attached hydrogens (tertiary/aromatic N) is 1. The van der Waals surface area contributed by atoms with Crippen molar-refractivity contribution in [2.24, 2.45) is 5.73 Å². The third-order valence-electron chi connectivity index (χ3n) is 3.57. The van der Waals surface area contributed by atoms with E-state index in [1.165, 1.54) is 24.1 Å². The van der Waals surface area contributed by atoms with Crippen molar-refractivity contribution in [2.45, 2.75) is 38.3 Å². The first-order chi connectivity index (χ1) is 8.69. The second kappa shape index (κ2) is 6.21. The topological polar surface area (TPSA) is 38.5 Å². The van der Waals surface area contributed by atoms with Gasteiger partial charge in [0.25, 0.3) is 0 Å². The van der Waals surface area contributed by atoms with Gasteiger partial charge in [-0.05, 0) is 43.9 Å². The lowest BCUT2D eigenvalue weighted by Gasteiger charge is -2.33. The Morgan fingerprint density at radius 3 is 2.72 bits per heavy atom. The highest BCUT2D eigenvalue weighted by atomic mass is 16.5. The Labute approximate surface area is 110 Å². The van der Waals surface area contributed by atoms with E-state index in [1.807, 2.05) is 6.92 Å². The van der Waals surface area contributed by atoms with Gasteiger partial charge in [-0.1, -0.05) is 12.1 Å². The normalized spacial score (nSPS) is 21.9. The first-order valence-electron chi connectivity index (χ1n) is 6.81. The molecule has 0 aliphatic carbocycles. The second-order valence-electron chi connectivity index (χ2n) is 5.29. The molecular weight excluding hydrogens is 224 g/mol. The minimum Gasteiger partial charge on any atom is -0.380 e. The van der Waals surface area contributed by atoms with Crippen LogP contribution in [-0.2, 0) is 11.2 Å². The second-order valence-corrected chi connectivity index (χ2v) is 5.29. The standard InChI is InChI=1S/C15H24N2O/c1-12(16)10-13-5-7-14(8-6-13)17-9-3-4-15(11-17)18-2/h5-8,12,15H,3-4,9-11,16H2,1-2H3. The van der Waals surface area contributed by atoms with E-state index in [2.05, 4.69) is 29.2 Å². The van der Waals surface area contributed by atoms with Crippen molar-refractivity contribution in [3.05, 3.63) is 29.8 Å². The molecule has 3 nitrogen and oxygen atoms in total. The Hall–Kier alpha value is -1.06. The maximum absolute atomic E-state index is 5.81. The number of methoxy groups -OCH3 is 1. The van der Waals surface area contributed by atoms with Crippen molar-refractivity contribution in [2.75, 3.05) is 25.1 Å². The largest absolute Gasteiger partial charge is 0.380 e. The molecule has 1 aromatic rings. The number of hydrogen-bond donors (Lipinski definition) is 1. The first kappa shape index (κ1) is 13.4. The van der Waals surface area contributed by atoms with E-state index < -0.39 is 0 Å². The maximum Gasteiger partial charge on any atom is 0.0746 e. The zero-order chi connectivity index (χ0) is 13.0. The Morgan fingerprint density at radius 2 is 2.11 bits per heavy atom. The van der Waals surface area contributed by atoms with Crippen LogP contribution in [0.15, 0.2) is 24.3 Å². The van der Waals surface area contributed by atoms with Crippen molar-refractivity contribution in [3.8, 4) is 0 Å². The van der Waals surface area contributed by atoms with Gasteiger partial charge in [-0.3, -0.25) is 0 Å². The van der Waals surface area contributed by atoms with Crippen molar-refractivity contribution in [3.63, 3.8) is 0 Å². The van der Waals surface area contributed by atoms with Crippen LogP contribution >= 0.6 is 0 Å². The molecule has 2 rings (SSSR count). The molecule has 1 aliphatic heterocycles. The molecule has 1 saturated heterocycles. The fraction of sp³-hybridized carbons (Fsp3) is 0.600. The molecule has 1 fully saturated rings. The molecule has 1 aromatic carbocycles. The molecule has 0 radical (unpaired) electrons. The van der Waals surface area contributed by atoms with Gasteiger partial charge in [-0.25, -0.2) is 0 Å². The minimum absolute atomic E-state index is 0.226. The fourth-order valence-electron chi connectivity index (χ4n) is 2.58. The molecule has 1 heterocycles. The smallest absolute Gasteiger partial charge is 0.0746 e. The molecule has 0 amide bonds. The SMILES string of the molecule is COC1CCCN(c2ccc(CC(C)N)cc2)C1. The highest BCUT2D eigenvalue weighted by Gasteiger charge is 2.19. The third-order valence-corrected chi connectivity index (χ3v) is 3.57. The molecule has 2 unspecified atom stereocenters. The predicted octanol–water partition coefficient (Wildman–Crippen LogP) is 2.19. The van der Waals surface area contributed by atoms with Gasteiger partial charge in [0, 0.05) is 31.9 Å². The molecule has 1 aliphatic rings. The van der Waals surface area contributed by atoms with Gasteiger partial charge in [0.05, 0.1) is 6.10 Å². The van der Waals surface area contributed by atoms with Crippen molar-refractivity contribution in [1.82, 2.24) is 0 Å². The summed E-state index contributed by atoms with van der Waals surface area (Å²) in [7, 11) is 1.81. The Bertz CT molecular complexity index is 361. The molecular formula is C15H24N2O. The van der Waals surface area contributed by atoms with Gasteiger partial charge in [0.1, 0.15) is 0 Å². The van der Waals surface area contributed by atoms with E-state index in [-0.39, 0.29) is 6.04 Å². The van der Waals surface area contributed by atoms with Crippen molar-refractivity contribution >= 4 is 5.69 Å². The Kier molecular flexibility index (Phi) is 4.61. The van der Waals surface area contributed by atoms with Crippen molar-refractivity contribution in [1.29, 1.82) is 0 Å². The number of nitrogens with two attached hydrogens (primary N) is 1. The summed E-state index contributed by atoms with van der Waals surface area (Å²) in [5.41, 5.74) is 8.42. The lowest BCUT2D eigenvalue weighted by molar-refractivity contribution is 0.0893. The third kappa shape index (κ3) is 3.47. The summed E-state index contributed by atoms with van der Waals surface area (Å²) < 4.78 is 5.46. The molecule has 18 heavy (non-hydrogen) atoms. The van der Waals surface area contributed by atoms with Gasteiger partial charge in [-0.15, -0.1) is 0 Å². The fourth-order valence-corrected chi connectivity index (χ4v) is 2.58.